The van der Waals surface area contributed by atoms with Crippen LogP contribution < -0.4 is 0 Å². The first-order valence-corrected chi connectivity index (χ1v) is 6.03. The average Bonchev–Trinajstić information content (AvgIpc) is 2.17. The van der Waals surface area contributed by atoms with Crippen LogP contribution in [0.15, 0.2) is 29.2 Å². The first kappa shape index (κ1) is 12.1. The van der Waals surface area contributed by atoms with Crippen LogP contribution in [0.1, 0.15) is 13.8 Å². The van der Waals surface area contributed by atoms with E-state index < -0.39 is 15.8 Å². The fraction of sp³-hybridized carbons (Fsp3) is 0.400. The molecule has 5 heteroatoms. The van der Waals surface area contributed by atoms with Crippen molar-refractivity contribution in [1.29, 1.82) is 0 Å². The Morgan fingerprint density at radius 2 is 1.67 bits per heavy atom. The fourth-order valence-corrected chi connectivity index (χ4v) is 2.42. The van der Waals surface area contributed by atoms with Crippen LogP contribution in [0, 0.1) is 5.82 Å². The van der Waals surface area contributed by atoms with Crippen molar-refractivity contribution in [3.8, 4) is 0 Å². The molecule has 84 valence electrons. The normalized spacial score (nSPS) is 12.4. The Bertz CT molecular complexity index is 425. The summed E-state index contributed by atoms with van der Waals surface area (Å²) in [6.45, 7) is 3.56. The molecule has 0 aliphatic heterocycles. The molecule has 3 nitrogen and oxygen atoms in total. The summed E-state index contributed by atoms with van der Waals surface area (Å²) < 4.78 is 37.7. The lowest BCUT2D eigenvalue weighted by Gasteiger charge is -2.20. The molecule has 1 aromatic rings. The average molecular weight is 231 g/mol. The van der Waals surface area contributed by atoms with Gasteiger partial charge in [0.2, 0.25) is 10.0 Å². The molecule has 0 fully saturated rings. The molecule has 0 aromatic heterocycles. The molecule has 1 aromatic carbocycles. The van der Waals surface area contributed by atoms with E-state index >= 15 is 0 Å². The van der Waals surface area contributed by atoms with E-state index in [1.165, 1.54) is 23.5 Å². The maximum atomic E-state index is 12.6. The Kier molecular flexibility index (Phi) is 3.46. The highest BCUT2D eigenvalue weighted by molar-refractivity contribution is 7.89. The molecule has 0 spiro atoms. The van der Waals surface area contributed by atoms with Gasteiger partial charge < -0.3 is 0 Å². The van der Waals surface area contributed by atoms with E-state index in [0.717, 1.165) is 12.1 Å². The summed E-state index contributed by atoms with van der Waals surface area (Å²) >= 11 is 0. The predicted molar refractivity (Wildman–Crippen MR) is 56.5 cm³/mol. The summed E-state index contributed by atoms with van der Waals surface area (Å²) in [5.41, 5.74) is 0. The number of hydrogen-bond donors (Lipinski definition) is 0. The molecule has 0 unspecified atom stereocenters. The van der Waals surface area contributed by atoms with Gasteiger partial charge in [-0.2, -0.15) is 4.31 Å². The molecule has 0 saturated carbocycles. The van der Waals surface area contributed by atoms with Crippen molar-refractivity contribution < 1.29 is 12.8 Å². The fourth-order valence-electron chi connectivity index (χ4n) is 1.05. The molecule has 0 aliphatic carbocycles. The number of hydrogen-bond acceptors (Lipinski definition) is 2. The molecule has 0 N–H and O–H groups in total. The number of halogens is 1. The lowest BCUT2D eigenvalue weighted by molar-refractivity contribution is 0.410. The number of sulfonamides is 1. The third-order valence-corrected chi connectivity index (χ3v) is 4.27. The summed E-state index contributed by atoms with van der Waals surface area (Å²) in [6.07, 6.45) is 0. The van der Waals surface area contributed by atoms with Crippen LogP contribution in [-0.4, -0.2) is 25.8 Å². The molecular formula is C10H14FNO2S. The van der Waals surface area contributed by atoms with E-state index in [4.69, 9.17) is 0 Å². The molecule has 0 radical (unpaired) electrons. The van der Waals surface area contributed by atoms with Crippen molar-refractivity contribution in [3.63, 3.8) is 0 Å². The third-order valence-electron chi connectivity index (χ3n) is 2.22. The van der Waals surface area contributed by atoms with Gasteiger partial charge >= 0.3 is 0 Å². The minimum atomic E-state index is -3.49. The standard InChI is InChI=1S/C10H14FNO2S/c1-8(2)12(3)15(13,14)10-6-4-9(11)5-7-10/h4-8H,1-3H3. The van der Waals surface area contributed by atoms with E-state index in [1.54, 1.807) is 13.8 Å². The quantitative estimate of drug-likeness (QED) is 0.796. The van der Waals surface area contributed by atoms with Gasteiger partial charge in [-0.3, -0.25) is 0 Å². The zero-order valence-corrected chi connectivity index (χ0v) is 9.75. The van der Waals surface area contributed by atoms with E-state index in [0.29, 0.717) is 0 Å². The summed E-state index contributed by atoms with van der Waals surface area (Å²) in [5.74, 6) is -0.443. The first-order chi connectivity index (χ1) is 6.85. The van der Waals surface area contributed by atoms with Crippen LogP contribution in [0.2, 0.25) is 0 Å². The van der Waals surface area contributed by atoms with E-state index in [2.05, 4.69) is 0 Å². The largest absolute Gasteiger partial charge is 0.243 e. The van der Waals surface area contributed by atoms with Crippen molar-refractivity contribution in [2.45, 2.75) is 24.8 Å². The van der Waals surface area contributed by atoms with Crippen molar-refractivity contribution in [2.24, 2.45) is 0 Å². The van der Waals surface area contributed by atoms with Gasteiger partial charge in [-0.05, 0) is 38.1 Å². The lowest BCUT2D eigenvalue weighted by Crippen LogP contribution is -2.33. The van der Waals surface area contributed by atoms with Gasteiger partial charge in [0.05, 0.1) is 4.90 Å². The van der Waals surface area contributed by atoms with Crippen LogP contribution in [0.25, 0.3) is 0 Å². The van der Waals surface area contributed by atoms with E-state index in [1.807, 2.05) is 0 Å². The van der Waals surface area contributed by atoms with Crippen LogP contribution >= 0.6 is 0 Å². The van der Waals surface area contributed by atoms with Gasteiger partial charge in [0.25, 0.3) is 0 Å². The van der Waals surface area contributed by atoms with Gasteiger partial charge in [0.1, 0.15) is 5.82 Å². The van der Waals surface area contributed by atoms with Gasteiger partial charge in [0.15, 0.2) is 0 Å². The van der Waals surface area contributed by atoms with Crippen molar-refractivity contribution >= 4 is 10.0 Å². The summed E-state index contributed by atoms with van der Waals surface area (Å²) in [5, 5.41) is 0. The SMILES string of the molecule is CC(C)N(C)S(=O)(=O)c1ccc(F)cc1. The zero-order valence-electron chi connectivity index (χ0n) is 8.94. The van der Waals surface area contributed by atoms with Crippen molar-refractivity contribution in [1.82, 2.24) is 4.31 Å². The molecule has 0 bridgehead atoms. The highest BCUT2D eigenvalue weighted by atomic mass is 32.2. The number of nitrogens with zero attached hydrogens (tertiary/aromatic N) is 1. The molecule has 15 heavy (non-hydrogen) atoms. The molecule has 0 amide bonds. The van der Waals surface area contributed by atoms with Crippen LogP contribution in [0.3, 0.4) is 0 Å². The first-order valence-electron chi connectivity index (χ1n) is 4.59. The topological polar surface area (TPSA) is 37.4 Å². The second-order valence-corrected chi connectivity index (χ2v) is 5.57. The maximum absolute atomic E-state index is 12.6. The molecule has 0 aliphatic rings. The second kappa shape index (κ2) is 4.28. The van der Waals surface area contributed by atoms with E-state index in [9.17, 15) is 12.8 Å². The lowest BCUT2D eigenvalue weighted by atomic mass is 10.4. The zero-order chi connectivity index (χ0) is 11.6. The summed E-state index contributed by atoms with van der Waals surface area (Å²) in [6, 6.07) is 4.69. The van der Waals surface area contributed by atoms with Gasteiger partial charge in [0, 0.05) is 13.1 Å². The number of benzene rings is 1. The van der Waals surface area contributed by atoms with Crippen LogP contribution in [0.4, 0.5) is 4.39 Å². The van der Waals surface area contributed by atoms with Crippen molar-refractivity contribution in [2.75, 3.05) is 7.05 Å². The Hall–Kier alpha value is -0.940. The Labute approximate surface area is 89.6 Å². The maximum Gasteiger partial charge on any atom is 0.243 e. The highest BCUT2D eigenvalue weighted by Crippen LogP contribution is 2.16. The van der Waals surface area contributed by atoms with Gasteiger partial charge in [-0.25, -0.2) is 12.8 Å². The molecule has 0 atom stereocenters. The predicted octanol–water partition coefficient (Wildman–Crippen LogP) is 1.85. The highest BCUT2D eigenvalue weighted by Gasteiger charge is 2.22. The summed E-state index contributed by atoms with van der Waals surface area (Å²) in [4.78, 5) is 0.111. The Morgan fingerprint density at radius 3 is 2.07 bits per heavy atom. The third kappa shape index (κ3) is 2.54. The molecular weight excluding hydrogens is 217 g/mol. The van der Waals surface area contributed by atoms with Gasteiger partial charge in [-0.15, -0.1) is 0 Å². The molecule has 0 saturated heterocycles. The number of rotatable bonds is 3. The monoisotopic (exact) mass is 231 g/mol. The van der Waals surface area contributed by atoms with Gasteiger partial charge in [-0.1, -0.05) is 0 Å². The Morgan fingerprint density at radius 1 is 1.20 bits per heavy atom. The minimum Gasteiger partial charge on any atom is -0.207 e. The molecule has 0 heterocycles. The van der Waals surface area contributed by atoms with E-state index in [-0.39, 0.29) is 10.9 Å². The molecule has 1 rings (SSSR count). The Balaban J connectivity index is 3.12. The van der Waals surface area contributed by atoms with Crippen molar-refractivity contribution in [3.05, 3.63) is 30.1 Å². The minimum absolute atomic E-state index is 0.111. The van der Waals surface area contributed by atoms with Crippen LogP contribution in [0.5, 0.6) is 0 Å². The van der Waals surface area contributed by atoms with Crippen LogP contribution in [-0.2, 0) is 10.0 Å². The smallest absolute Gasteiger partial charge is 0.207 e. The summed E-state index contributed by atoms with van der Waals surface area (Å²) in [7, 11) is -1.99. The second-order valence-electron chi connectivity index (χ2n) is 3.57.